The molecule has 136 valence electrons. The molecule has 0 atom stereocenters. The van der Waals surface area contributed by atoms with E-state index in [0.29, 0.717) is 37.3 Å². The molecule has 2 amide bonds. The van der Waals surface area contributed by atoms with Crippen LogP contribution in [0.1, 0.15) is 19.8 Å². The fourth-order valence-corrected chi connectivity index (χ4v) is 2.65. The van der Waals surface area contributed by atoms with Crippen molar-refractivity contribution in [1.82, 2.24) is 4.90 Å². The number of rotatable bonds is 5. The molecule has 0 bridgehead atoms. The third kappa shape index (κ3) is 5.08. The number of nitrogens with one attached hydrogen (secondary N) is 2. The lowest BCUT2D eigenvalue weighted by Gasteiger charge is -2.29. The molecule has 8 nitrogen and oxygen atoms in total. The molecule has 0 saturated carbocycles. The number of carbonyl (C=O) groups excluding carboxylic acids is 2. The van der Waals surface area contributed by atoms with Crippen LogP contribution >= 0.6 is 0 Å². The van der Waals surface area contributed by atoms with Crippen LogP contribution in [0.15, 0.2) is 36.0 Å². The maximum absolute atomic E-state index is 12.4. The third-order valence-electron chi connectivity index (χ3n) is 4.07. The Labute approximate surface area is 151 Å². The molecule has 1 heterocycles. The molecule has 1 aromatic rings. The van der Waals surface area contributed by atoms with E-state index in [4.69, 9.17) is 5.11 Å². The van der Waals surface area contributed by atoms with Crippen molar-refractivity contribution in [3.8, 4) is 6.07 Å². The SMILES string of the molecule is CC(=O)Nc1ccc(N/C=C(/C#N)C(=O)N2CCC(C(=O)O)CC2)cc1. The Morgan fingerprint density at radius 1 is 1.19 bits per heavy atom. The van der Waals surface area contributed by atoms with Crippen LogP contribution in [0, 0.1) is 17.2 Å². The monoisotopic (exact) mass is 356 g/mol. The van der Waals surface area contributed by atoms with Gasteiger partial charge < -0.3 is 20.6 Å². The standard InChI is InChI=1S/C18H20N4O4/c1-12(23)21-16-4-2-15(3-5-16)20-11-14(10-19)17(24)22-8-6-13(7-9-22)18(25)26/h2-5,11,13,20H,6-9H2,1H3,(H,21,23)(H,25,26)/b14-11-. The largest absolute Gasteiger partial charge is 0.481 e. The van der Waals surface area contributed by atoms with E-state index < -0.39 is 17.8 Å². The van der Waals surface area contributed by atoms with E-state index in [0.717, 1.165) is 0 Å². The summed E-state index contributed by atoms with van der Waals surface area (Å²) in [7, 11) is 0. The van der Waals surface area contributed by atoms with E-state index in [1.165, 1.54) is 18.0 Å². The van der Waals surface area contributed by atoms with E-state index in [9.17, 15) is 19.6 Å². The average molecular weight is 356 g/mol. The van der Waals surface area contributed by atoms with Gasteiger partial charge in [-0.05, 0) is 37.1 Å². The Hall–Kier alpha value is -3.34. The molecule has 1 aliphatic heterocycles. The first kappa shape index (κ1) is 19.0. The molecule has 0 radical (unpaired) electrons. The van der Waals surface area contributed by atoms with E-state index in [1.807, 2.05) is 6.07 Å². The van der Waals surface area contributed by atoms with E-state index in [-0.39, 0.29) is 11.5 Å². The number of carboxylic acid groups (broad SMARTS) is 1. The molecule has 0 aromatic heterocycles. The van der Waals surface area contributed by atoms with Gasteiger partial charge >= 0.3 is 5.97 Å². The number of anilines is 2. The molecule has 2 rings (SSSR count). The van der Waals surface area contributed by atoms with Gasteiger partial charge in [0, 0.05) is 37.6 Å². The Bertz CT molecular complexity index is 756. The normalized spacial score (nSPS) is 15.1. The quantitative estimate of drug-likeness (QED) is 0.546. The highest BCUT2D eigenvalue weighted by Gasteiger charge is 2.28. The summed E-state index contributed by atoms with van der Waals surface area (Å²) in [6, 6.07) is 8.68. The van der Waals surface area contributed by atoms with Crippen molar-refractivity contribution in [2.45, 2.75) is 19.8 Å². The topological polar surface area (TPSA) is 123 Å². The number of nitrogens with zero attached hydrogens (tertiary/aromatic N) is 2. The zero-order valence-corrected chi connectivity index (χ0v) is 14.4. The first-order valence-electron chi connectivity index (χ1n) is 8.17. The number of amides is 2. The van der Waals surface area contributed by atoms with Crippen LogP contribution in [0.25, 0.3) is 0 Å². The maximum Gasteiger partial charge on any atom is 0.306 e. The van der Waals surface area contributed by atoms with Crippen LogP contribution in [0.4, 0.5) is 11.4 Å². The highest BCUT2D eigenvalue weighted by Crippen LogP contribution is 2.19. The molecular weight excluding hydrogens is 336 g/mol. The van der Waals surface area contributed by atoms with Crippen molar-refractivity contribution in [2.75, 3.05) is 23.7 Å². The van der Waals surface area contributed by atoms with Gasteiger partial charge in [0.1, 0.15) is 11.6 Å². The summed E-state index contributed by atoms with van der Waals surface area (Å²) < 4.78 is 0. The average Bonchev–Trinajstić information content (AvgIpc) is 2.63. The molecule has 1 aliphatic rings. The highest BCUT2D eigenvalue weighted by molar-refractivity contribution is 5.97. The van der Waals surface area contributed by atoms with Gasteiger partial charge in [0.25, 0.3) is 5.91 Å². The number of aliphatic carboxylic acids is 1. The number of likely N-dealkylation sites (tertiary alicyclic amines) is 1. The minimum Gasteiger partial charge on any atom is -0.481 e. The number of carbonyl (C=O) groups is 3. The number of hydrogen-bond donors (Lipinski definition) is 3. The zero-order chi connectivity index (χ0) is 19.1. The van der Waals surface area contributed by atoms with Crippen LogP contribution in [-0.4, -0.2) is 40.9 Å². The molecule has 1 fully saturated rings. The van der Waals surface area contributed by atoms with Crippen molar-refractivity contribution >= 4 is 29.2 Å². The fourth-order valence-electron chi connectivity index (χ4n) is 2.65. The first-order valence-corrected chi connectivity index (χ1v) is 8.17. The number of hydrogen-bond acceptors (Lipinski definition) is 5. The molecule has 1 saturated heterocycles. The van der Waals surface area contributed by atoms with Gasteiger partial charge in [-0.3, -0.25) is 14.4 Å². The van der Waals surface area contributed by atoms with Crippen LogP contribution in [-0.2, 0) is 14.4 Å². The second-order valence-corrected chi connectivity index (χ2v) is 5.98. The lowest BCUT2D eigenvalue weighted by Crippen LogP contribution is -2.40. The smallest absolute Gasteiger partial charge is 0.306 e. The molecular formula is C18H20N4O4. The number of nitriles is 1. The first-order chi connectivity index (χ1) is 12.4. The molecule has 3 N–H and O–H groups in total. The lowest BCUT2D eigenvalue weighted by molar-refractivity contribution is -0.145. The van der Waals surface area contributed by atoms with Crippen LogP contribution in [0.2, 0.25) is 0 Å². The van der Waals surface area contributed by atoms with Crippen LogP contribution in [0.3, 0.4) is 0 Å². The summed E-state index contributed by atoms with van der Waals surface area (Å²) >= 11 is 0. The summed E-state index contributed by atoms with van der Waals surface area (Å²) in [4.78, 5) is 35.8. The summed E-state index contributed by atoms with van der Waals surface area (Å²) in [5.74, 6) is -1.88. The summed E-state index contributed by atoms with van der Waals surface area (Å²) in [6.45, 7) is 2.05. The Morgan fingerprint density at radius 2 is 1.77 bits per heavy atom. The van der Waals surface area contributed by atoms with E-state index >= 15 is 0 Å². The molecule has 1 aromatic carbocycles. The van der Waals surface area contributed by atoms with Crippen LogP contribution < -0.4 is 10.6 Å². The predicted molar refractivity (Wildman–Crippen MR) is 95.0 cm³/mol. The second-order valence-electron chi connectivity index (χ2n) is 5.98. The van der Waals surface area contributed by atoms with E-state index in [2.05, 4.69) is 10.6 Å². The van der Waals surface area contributed by atoms with Crippen molar-refractivity contribution in [1.29, 1.82) is 5.26 Å². The minimum atomic E-state index is -0.850. The lowest BCUT2D eigenvalue weighted by atomic mass is 9.97. The molecule has 8 heteroatoms. The van der Waals surface area contributed by atoms with Gasteiger partial charge in [-0.1, -0.05) is 0 Å². The number of benzene rings is 1. The summed E-state index contributed by atoms with van der Waals surface area (Å²) in [5.41, 5.74) is 1.25. The molecule has 0 unspecified atom stereocenters. The number of carboxylic acids is 1. The van der Waals surface area contributed by atoms with Gasteiger partial charge in [-0.2, -0.15) is 5.26 Å². The Balaban J connectivity index is 1.97. The van der Waals surface area contributed by atoms with E-state index in [1.54, 1.807) is 24.3 Å². The fraction of sp³-hybridized carbons (Fsp3) is 0.333. The minimum absolute atomic E-state index is 0.0512. The molecule has 0 aliphatic carbocycles. The van der Waals surface area contributed by atoms with Gasteiger partial charge in [0.2, 0.25) is 5.91 Å². The summed E-state index contributed by atoms with van der Waals surface area (Å²) in [5, 5.41) is 23.8. The maximum atomic E-state index is 12.4. The van der Waals surface area contributed by atoms with Gasteiger partial charge in [-0.15, -0.1) is 0 Å². The number of piperidine rings is 1. The second kappa shape index (κ2) is 8.67. The van der Waals surface area contributed by atoms with Crippen molar-refractivity contribution in [3.63, 3.8) is 0 Å². The van der Waals surface area contributed by atoms with Gasteiger partial charge in [0.05, 0.1) is 5.92 Å². The van der Waals surface area contributed by atoms with Gasteiger partial charge in [-0.25, -0.2) is 0 Å². The van der Waals surface area contributed by atoms with Gasteiger partial charge in [0.15, 0.2) is 0 Å². The van der Waals surface area contributed by atoms with Crippen LogP contribution in [0.5, 0.6) is 0 Å². The third-order valence-corrected chi connectivity index (χ3v) is 4.07. The molecule has 0 spiro atoms. The highest BCUT2D eigenvalue weighted by atomic mass is 16.4. The van der Waals surface area contributed by atoms with Crippen molar-refractivity contribution in [2.24, 2.45) is 5.92 Å². The van der Waals surface area contributed by atoms with Crippen molar-refractivity contribution in [3.05, 3.63) is 36.0 Å². The molecule has 26 heavy (non-hydrogen) atoms. The van der Waals surface area contributed by atoms with Crippen molar-refractivity contribution < 1.29 is 19.5 Å². The Morgan fingerprint density at radius 3 is 2.27 bits per heavy atom. The summed E-state index contributed by atoms with van der Waals surface area (Å²) in [6.07, 6.45) is 2.11. The zero-order valence-electron chi connectivity index (χ0n) is 14.4. The Kier molecular flexibility index (Phi) is 6.33. The predicted octanol–water partition coefficient (Wildman–Crippen LogP) is 1.79.